The topological polar surface area (TPSA) is 101 Å². The number of aliphatic carboxylic acids is 1. The zero-order valence-corrected chi connectivity index (χ0v) is 12.6. The Hall–Kier alpha value is -2.73. The lowest BCUT2D eigenvalue weighted by atomic mass is 9.95. The van der Waals surface area contributed by atoms with Gasteiger partial charge in [0, 0.05) is 6.07 Å². The Morgan fingerprint density at radius 3 is 2.43 bits per heavy atom. The molecular weight excluding hydrogens is 298 g/mol. The van der Waals surface area contributed by atoms with Gasteiger partial charge in [-0.05, 0) is 37.0 Å². The molecule has 6 nitrogen and oxygen atoms in total. The second kappa shape index (κ2) is 6.58. The molecule has 0 spiro atoms. The molecule has 0 radical (unpaired) electrons. The summed E-state index contributed by atoms with van der Waals surface area (Å²) in [5, 5.41) is 29.9. The Balaban J connectivity index is 2.30. The van der Waals surface area contributed by atoms with Crippen molar-refractivity contribution in [2.24, 2.45) is 0 Å². The average Bonchev–Trinajstić information content (AvgIpc) is 2.53. The van der Waals surface area contributed by atoms with Gasteiger partial charge in [0.1, 0.15) is 0 Å². The first kappa shape index (κ1) is 16.6. The predicted molar refractivity (Wildman–Crippen MR) is 85.1 cm³/mol. The molecule has 120 valence electrons. The van der Waals surface area contributed by atoms with Crippen LogP contribution in [0.2, 0.25) is 0 Å². The van der Waals surface area contributed by atoms with E-state index in [2.05, 4.69) is 0 Å². The monoisotopic (exact) mass is 315 g/mol. The van der Waals surface area contributed by atoms with E-state index in [1.165, 1.54) is 13.0 Å². The van der Waals surface area contributed by atoms with Gasteiger partial charge in [-0.1, -0.05) is 36.4 Å². The van der Waals surface area contributed by atoms with E-state index in [4.69, 9.17) is 5.11 Å². The third-order valence-corrected chi connectivity index (χ3v) is 3.70. The van der Waals surface area contributed by atoms with E-state index in [1.807, 2.05) is 6.07 Å². The molecule has 0 saturated carbocycles. The third-order valence-electron chi connectivity index (χ3n) is 3.70. The van der Waals surface area contributed by atoms with E-state index < -0.39 is 16.5 Å². The molecule has 0 aliphatic heterocycles. The summed E-state index contributed by atoms with van der Waals surface area (Å²) in [6.45, 7) is 1.21. The van der Waals surface area contributed by atoms with Gasteiger partial charge in [0.25, 0.3) is 5.69 Å². The molecule has 2 N–H and O–H groups in total. The molecule has 0 saturated heterocycles. The predicted octanol–water partition coefficient (Wildman–Crippen LogP) is 3.03. The highest BCUT2D eigenvalue weighted by Crippen LogP contribution is 2.31. The molecule has 1 unspecified atom stereocenters. The largest absolute Gasteiger partial charge is 0.479 e. The van der Waals surface area contributed by atoms with Crippen LogP contribution < -0.4 is 0 Å². The molecule has 2 rings (SSSR count). The number of carboxylic acid groups (broad SMARTS) is 1. The lowest BCUT2D eigenvalue weighted by Crippen LogP contribution is -2.35. The lowest BCUT2D eigenvalue weighted by molar-refractivity contribution is -0.384. The third kappa shape index (κ3) is 3.92. The summed E-state index contributed by atoms with van der Waals surface area (Å²) in [5.41, 5.74) is -0.0402. The number of aliphatic hydroxyl groups is 1. The van der Waals surface area contributed by atoms with Gasteiger partial charge < -0.3 is 10.2 Å². The molecule has 0 aromatic heterocycles. The maximum absolute atomic E-state index is 11.3. The van der Waals surface area contributed by atoms with Gasteiger partial charge in [-0.2, -0.15) is 0 Å². The maximum atomic E-state index is 11.3. The van der Waals surface area contributed by atoms with E-state index >= 15 is 0 Å². The van der Waals surface area contributed by atoms with E-state index in [1.54, 1.807) is 36.4 Å². The van der Waals surface area contributed by atoms with E-state index in [9.17, 15) is 20.0 Å². The van der Waals surface area contributed by atoms with Crippen molar-refractivity contribution >= 4 is 11.7 Å². The summed E-state index contributed by atoms with van der Waals surface area (Å²) in [5.74, 6) is -1.31. The van der Waals surface area contributed by atoms with Gasteiger partial charge >= 0.3 is 5.97 Å². The molecule has 0 aliphatic carbocycles. The van der Waals surface area contributed by atoms with Crippen LogP contribution in [0.4, 0.5) is 5.69 Å². The Bertz CT molecular complexity index is 725. The fraction of sp³-hybridized carbons (Fsp3) is 0.235. The highest BCUT2D eigenvalue weighted by atomic mass is 16.6. The zero-order chi connectivity index (χ0) is 17.0. The summed E-state index contributed by atoms with van der Waals surface area (Å²) in [6, 6.07) is 13.8. The van der Waals surface area contributed by atoms with Crippen molar-refractivity contribution in [1.29, 1.82) is 0 Å². The van der Waals surface area contributed by atoms with Crippen molar-refractivity contribution in [1.82, 2.24) is 0 Å². The number of carbonyl (C=O) groups is 1. The molecule has 0 amide bonds. The molecule has 2 aromatic carbocycles. The van der Waals surface area contributed by atoms with Gasteiger partial charge in [0.2, 0.25) is 0 Å². The molecule has 0 aliphatic rings. The van der Waals surface area contributed by atoms with Gasteiger partial charge in [0.15, 0.2) is 5.60 Å². The smallest absolute Gasteiger partial charge is 0.335 e. The number of hydrogen-bond donors (Lipinski definition) is 2. The van der Waals surface area contributed by atoms with E-state index in [-0.39, 0.29) is 18.5 Å². The second-order valence-electron chi connectivity index (χ2n) is 5.55. The van der Waals surface area contributed by atoms with Gasteiger partial charge in [-0.15, -0.1) is 0 Å². The Labute approximate surface area is 133 Å². The molecule has 0 heterocycles. The van der Waals surface area contributed by atoms with Crippen molar-refractivity contribution in [2.45, 2.75) is 25.4 Å². The summed E-state index contributed by atoms with van der Waals surface area (Å²) in [7, 11) is 0. The van der Waals surface area contributed by atoms with Crippen molar-refractivity contribution < 1.29 is 19.9 Å². The lowest BCUT2D eigenvalue weighted by Gasteiger charge is -2.17. The SMILES string of the molecule is CC(O)(CCc1ccc(-c2ccccc2)c([N+](=O)[O-])c1)C(=O)O. The normalized spacial score (nSPS) is 13.3. The van der Waals surface area contributed by atoms with E-state index in [0.29, 0.717) is 11.1 Å². The van der Waals surface area contributed by atoms with Crippen LogP contribution in [0.25, 0.3) is 11.1 Å². The molecule has 0 bridgehead atoms. The minimum atomic E-state index is -1.85. The number of carboxylic acids is 1. The Morgan fingerprint density at radius 1 is 1.22 bits per heavy atom. The first-order valence-electron chi connectivity index (χ1n) is 7.10. The standard InChI is InChI=1S/C17H17NO5/c1-17(21,16(19)20)10-9-12-7-8-14(15(11-12)18(22)23)13-5-3-2-4-6-13/h2-8,11,21H,9-10H2,1H3,(H,19,20). The van der Waals surface area contributed by atoms with Crippen LogP contribution in [-0.4, -0.2) is 26.7 Å². The average molecular weight is 315 g/mol. The zero-order valence-electron chi connectivity index (χ0n) is 12.6. The fourth-order valence-electron chi connectivity index (χ4n) is 2.24. The number of nitro groups is 1. The van der Waals surface area contributed by atoms with Gasteiger partial charge in [-0.25, -0.2) is 4.79 Å². The number of aryl methyl sites for hydroxylation is 1. The van der Waals surface area contributed by atoms with Crippen LogP contribution in [-0.2, 0) is 11.2 Å². The summed E-state index contributed by atoms with van der Waals surface area (Å²) in [6.07, 6.45) is 0.208. The molecular formula is C17H17NO5. The molecule has 23 heavy (non-hydrogen) atoms. The summed E-state index contributed by atoms with van der Waals surface area (Å²) in [4.78, 5) is 21.8. The minimum Gasteiger partial charge on any atom is -0.479 e. The van der Waals surface area contributed by atoms with Crippen LogP contribution in [0.15, 0.2) is 48.5 Å². The minimum absolute atomic E-state index is 0.0236. The van der Waals surface area contributed by atoms with Gasteiger partial charge in [0.05, 0.1) is 10.5 Å². The van der Waals surface area contributed by atoms with Crippen LogP contribution in [0, 0.1) is 10.1 Å². The molecule has 2 aromatic rings. The quantitative estimate of drug-likeness (QED) is 0.630. The number of benzene rings is 2. The van der Waals surface area contributed by atoms with Crippen LogP contribution in [0.3, 0.4) is 0 Å². The number of nitrogens with zero attached hydrogens (tertiary/aromatic N) is 1. The molecule has 1 atom stereocenters. The fourth-order valence-corrected chi connectivity index (χ4v) is 2.24. The number of hydrogen-bond acceptors (Lipinski definition) is 4. The Kier molecular flexibility index (Phi) is 4.76. The van der Waals surface area contributed by atoms with E-state index in [0.717, 1.165) is 5.56 Å². The second-order valence-corrected chi connectivity index (χ2v) is 5.55. The molecule has 6 heteroatoms. The maximum Gasteiger partial charge on any atom is 0.335 e. The van der Waals surface area contributed by atoms with Crippen LogP contribution >= 0.6 is 0 Å². The first-order valence-corrected chi connectivity index (χ1v) is 7.10. The van der Waals surface area contributed by atoms with Crippen molar-refractivity contribution in [3.05, 3.63) is 64.2 Å². The summed E-state index contributed by atoms with van der Waals surface area (Å²) < 4.78 is 0. The highest BCUT2D eigenvalue weighted by Gasteiger charge is 2.29. The summed E-state index contributed by atoms with van der Waals surface area (Å²) >= 11 is 0. The number of rotatable bonds is 6. The first-order chi connectivity index (χ1) is 10.8. The van der Waals surface area contributed by atoms with Gasteiger partial charge in [-0.3, -0.25) is 10.1 Å². The molecule has 0 fully saturated rings. The van der Waals surface area contributed by atoms with Crippen molar-refractivity contribution in [3.8, 4) is 11.1 Å². The Morgan fingerprint density at radius 2 is 1.87 bits per heavy atom. The number of nitro benzene ring substituents is 1. The van der Waals surface area contributed by atoms with Crippen molar-refractivity contribution in [3.63, 3.8) is 0 Å². The van der Waals surface area contributed by atoms with Crippen LogP contribution in [0.1, 0.15) is 18.9 Å². The van der Waals surface area contributed by atoms with Crippen LogP contribution in [0.5, 0.6) is 0 Å². The highest BCUT2D eigenvalue weighted by molar-refractivity contribution is 5.76. The van der Waals surface area contributed by atoms with Crippen molar-refractivity contribution in [2.75, 3.05) is 0 Å².